The number of rotatable bonds is 3. The minimum Gasteiger partial charge on any atom is -0.399 e. The monoisotopic (exact) mass is 282 g/mol. The van der Waals surface area contributed by atoms with E-state index >= 15 is 0 Å². The highest BCUT2D eigenvalue weighted by Gasteiger charge is 2.39. The molecule has 2 unspecified atom stereocenters. The van der Waals surface area contributed by atoms with Crippen molar-refractivity contribution in [3.8, 4) is 0 Å². The maximum absolute atomic E-state index is 12.8. The lowest BCUT2D eigenvalue weighted by atomic mass is 10.2. The first kappa shape index (κ1) is 14.3. The molecule has 1 aromatic rings. The molecule has 0 saturated carbocycles. The number of anilines is 1. The van der Waals surface area contributed by atoms with E-state index < -0.39 is 10.0 Å². The molecule has 0 bridgehead atoms. The van der Waals surface area contributed by atoms with Crippen LogP contribution in [0.2, 0.25) is 0 Å². The molecule has 2 rings (SSSR count). The smallest absolute Gasteiger partial charge is 0.243 e. The van der Waals surface area contributed by atoms with Crippen molar-refractivity contribution in [1.29, 1.82) is 0 Å². The second-order valence-electron chi connectivity index (χ2n) is 5.40. The van der Waals surface area contributed by atoms with Crippen LogP contribution in [0.5, 0.6) is 0 Å². The van der Waals surface area contributed by atoms with Crippen molar-refractivity contribution in [3.05, 3.63) is 23.8 Å². The van der Waals surface area contributed by atoms with Gasteiger partial charge in [-0.15, -0.1) is 0 Å². The Morgan fingerprint density at radius 2 is 2.00 bits per heavy atom. The third kappa shape index (κ3) is 2.62. The number of nitrogen functional groups attached to an aromatic ring is 1. The normalized spacial score (nSPS) is 24.8. The average Bonchev–Trinajstić information content (AvgIpc) is 2.69. The summed E-state index contributed by atoms with van der Waals surface area (Å²) >= 11 is 0. The number of benzene rings is 1. The highest BCUT2D eigenvalue weighted by molar-refractivity contribution is 7.89. The summed E-state index contributed by atoms with van der Waals surface area (Å²) in [6, 6.07) is 5.21. The standard InChI is InChI=1S/C14H22N2O2S/c1-4-13-6-5-11(3)16(13)19(17,18)14-8-10(2)7-12(15)9-14/h7-9,11,13H,4-6,15H2,1-3H3. The van der Waals surface area contributed by atoms with Crippen LogP contribution in [0.15, 0.2) is 23.1 Å². The molecule has 1 aromatic carbocycles. The van der Waals surface area contributed by atoms with Crippen LogP contribution in [0.1, 0.15) is 38.7 Å². The fourth-order valence-corrected chi connectivity index (χ4v) is 5.00. The summed E-state index contributed by atoms with van der Waals surface area (Å²) in [6.07, 6.45) is 2.72. The van der Waals surface area contributed by atoms with Gasteiger partial charge in [-0.1, -0.05) is 6.92 Å². The average molecular weight is 282 g/mol. The van der Waals surface area contributed by atoms with Crippen molar-refractivity contribution in [3.63, 3.8) is 0 Å². The van der Waals surface area contributed by atoms with Gasteiger partial charge in [-0.05, 0) is 56.9 Å². The first-order valence-electron chi connectivity index (χ1n) is 6.77. The van der Waals surface area contributed by atoms with Gasteiger partial charge in [-0.25, -0.2) is 8.42 Å². The van der Waals surface area contributed by atoms with E-state index in [0.717, 1.165) is 24.8 Å². The quantitative estimate of drug-likeness (QED) is 0.866. The molecule has 0 aliphatic carbocycles. The fourth-order valence-electron chi connectivity index (χ4n) is 2.91. The minimum absolute atomic E-state index is 0.0664. The van der Waals surface area contributed by atoms with Crippen LogP contribution in [0.25, 0.3) is 0 Å². The van der Waals surface area contributed by atoms with Gasteiger partial charge in [-0.2, -0.15) is 4.31 Å². The van der Waals surface area contributed by atoms with Crippen LogP contribution in [0, 0.1) is 6.92 Å². The molecular formula is C14H22N2O2S. The molecule has 106 valence electrons. The lowest BCUT2D eigenvalue weighted by Gasteiger charge is -2.27. The van der Waals surface area contributed by atoms with Gasteiger partial charge >= 0.3 is 0 Å². The Bertz CT molecular complexity index is 549. The Morgan fingerprint density at radius 1 is 1.32 bits per heavy atom. The Kier molecular flexibility index (Phi) is 3.87. The molecule has 0 aromatic heterocycles. The van der Waals surface area contributed by atoms with Crippen LogP contribution in [0.3, 0.4) is 0 Å². The van der Waals surface area contributed by atoms with Crippen LogP contribution in [-0.2, 0) is 10.0 Å². The molecule has 0 radical (unpaired) electrons. The van der Waals surface area contributed by atoms with E-state index in [1.165, 1.54) is 0 Å². The van der Waals surface area contributed by atoms with Crippen molar-refractivity contribution in [2.24, 2.45) is 0 Å². The van der Waals surface area contributed by atoms with Crippen molar-refractivity contribution >= 4 is 15.7 Å². The molecule has 5 heteroatoms. The molecule has 1 saturated heterocycles. The van der Waals surface area contributed by atoms with Crippen LogP contribution in [-0.4, -0.2) is 24.8 Å². The molecule has 1 aliphatic rings. The molecule has 0 spiro atoms. The second kappa shape index (κ2) is 5.13. The van der Waals surface area contributed by atoms with Gasteiger partial charge in [0.25, 0.3) is 0 Å². The molecule has 1 heterocycles. The van der Waals surface area contributed by atoms with Crippen molar-refractivity contribution < 1.29 is 8.42 Å². The highest BCUT2D eigenvalue weighted by atomic mass is 32.2. The molecule has 2 N–H and O–H groups in total. The summed E-state index contributed by atoms with van der Waals surface area (Å²) in [5, 5.41) is 0. The molecule has 1 aliphatic heterocycles. The van der Waals surface area contributed by atoms with Gasteiger partial charge in [0, 0.05) is 17.8 Å². The predicted molar refractivity (Wildman–Crippen MR) is 77.4 cm³/mol. The van der Waals surface area contributed by atoms with Crippen molar-refractivity contribution in [1.82, 2.24) is 4.31 Å². The summed E-state index contributed by atoms with van der Waals surface area (Å²) in [4.78, 5) is 0.317. The van der Waals surface area contributed by atoms with Gasteiger partial charge in [0.15, 0.2) is 0 Å². The van der Waals surface area contributed by atoms with Crippen LogP contribution >= 0.6 is 0 Å². The summed E-state index contributed by atoms with van der Waals surface area (Å²) in [7, 11) is -3.44. The highest BCUT2D eigenvalue weighted by Crippen LogP contribution is 2.33. The zero-order valence-corrected chi connectivity index (χ0v) is 12.6. The molecule has 2 atom stereocenters. The molecule has 4 nitrogen and oxygen atoms in total. The third-order valence-corrected chi connectivity index (χ3v) is 5.88. The Balaban J connectivity index is 2.46. The fraction of sp³-hybridized carbons (Fsp3) is 0.571. The predicted octanol–water partition coefficient (Wildman–Crippen LogP) is 2.53. The van der Waals surface area contributed by atoms with Gasteiger partial charge in [0.2, 0.25) is 10.0 Å². The number of sulfonamides is 1. The molecule has 19 heavy (non-hydrogen) atoms. The van der Waals surface area contributed by atoms with Gasteiger partial charge in [0.1, 0.15) is 0 Å². The van der Waals surface area contributed by atoms with E-state index in [1.54, 1.807) is 22.5 Å². The van der Waals surface area contributed by atoms with Crippen molar-refractivity contribution in [2.75, 3.05) is 5.73 Å². The van der Waals surface area contributed by atoms with E-state index in [2.05, 4.69) is 0 Å². The largest absolute Gasteiger partial charge is 0.399 e. The number of nitrogens with two attached hydrogens (primary N) is 1. The molecular weight excluding hydrogens is 260 g/mol. The lowest BCUT2D eigenvalue weighted by molar-refractivity contribution is 0.328. The summed E-state index contributed by atoms with van der Waals surface area (Å²) < 4.78 is 27.2. The Labute approximate surface area is 115 Å². The number of nitrogens with zero attached hydrogens (tertiary/aromatic N) is 1. The van der Waals surface area contributed by atoms with E-state index in [9.17, 15) is 8.42 Å². The third-order valence-electron chi connectivity index (χ3n) is 3.83. The number of hydrogen-bond acceptors (Lipinski definition) is 3. The van der Waals surface area contributed by atoms with E-state index in [0.29, 0.717) is 10.6 Å². The van der Waals surface area contributed by atoms with Crippen molar-refractivity contribution in [2.45, 2.75) is 57.0 Å². The Hall–Kier alpha value is -1.07. The summed E-state index contributed by atoms with van der Waals surface area (Å²) in [5.41, 5.74) is 7.15. The van der Waals surface area contributed by atoms with Gasteiger partial charge in [0.05, 0.1) is 4.90 Å². The van der Waals surface area contributed by atoms with E-state index in [-0.39, 0.29) is 12.1 Å². The minimum atomic E-state index is -3.44. The zero-order chi connectivity index (χ0) is 14.2. The maximum Gasteiger partial charge on any atom is 0.243 e. The molecule has 0 amide bonds. The topological polar surface area (TPSA) is 63.4 Å². The SMILES string of the molecule is CCC1CCC(C)N1S(=O)(=O)c1cc(C)cc(N)c1. The van der Waals surface area contributed by atoms with E-state index in [4.69, 9.17) is 5.73 Å². The summed E-state index contributed by atoms with van der Waals surface area (Å²) in [5.74, 6) is 0. The molecule has 1 fully saturated rings. The lowest BCUT2D eigenvalue weighted by Crippen LogP contribution is -2.39. The Morgan fingerprint density at radius 3 is 2.58 bits per heavy atom. The van der Waals surface area contributed by atoms with Gasteiger partial charge < -0.3 is 5.73 Å². The number of hydrogen-bond donors (Lipinski definition) is 1. The van der Waals surface area contributed by atoms with E-state index in [1.807, 2.05) is 20.8 Å². The first-order chi connectivity index (χ1) is 8.86. The maximum atomic E-state index is 12.8. The number of aryl methyl sites for hydroxylation is 1. The van der Waals surface area contributed by atoms with Crippen LogP contribution in [0.4, 0.5) is 5.69 Å². The first-order valence-corrected chi connectivity index (χ1v) is 8.21. The van der Waals surface area contributed by atoms with Gasteiger partial charge in [-0.3, -0.25) is 0 Å². The zero-order valence-electron chi connectivity index (χ0n) is 11.8. The second-order valence-corrected chi connectivity index (χ2v) is 7.25. The van der Waals surface area contributed by atoms with Crippen LogP contribution < -0.4 is 5.73 Å². The summed E-state index contributed by atoms with van der Waals surface area (Å²) in [6.45, 7) is 5.88.